The van der Waals surface area contributed by atoms with Gasteiger partial charge in [-0.05, 0) is 56.5 Å². The highest BCUT2D eigenvalue weighted by Crippen LogP contribution is 2.23. The van der Waals surface area contributed by atoms with Crippen molar-refractivity contribution in [3.63, 3.8) is 0 Å². The summed E-state index contributed by atoms with van der Waals surface area (Å²) in [5, 5.41) is 3.38. The Balaban J connectivity index is 1.72. The van der Waals surface area contributed by atoms with Gasteiger partial charge in [0.15, 0.2) is 0 Å². The van der Waals surface area contributed by atoms with E-state index in [4.69, 9.17) is 9.47 Å². The van der Waals surface area contributed by atoms with Gasteiger partial charge in [0.1, 0.15) is 18.2 Å². The Morgan fingerprint density at radius 2 is 2.15 bits per heavy atom. The minimum absolute atomic E-state index is 0.146. The Morgan fingerprint density at radius 3 is 2.90 bits per heavy atom. The highest BCUT2D eigenvalue weighted by Gasteiger charge is 2.25. The van der Waals surface area contributed by atoms with Gasteiger partial charge in [-0.3, -0.25) is 0 Å². The fourth-order valence-electron chi connectivity index (χ4n) is 2.45. The Hall–Kier alpha value is -1.13. The number of nitrogens with one attached hydrogen (secondary N) is 1. The molecule has 0 bridgehead atoms. The Morgan fingerprint density at radius 1 is 1.35 bits per heavy atom. The molecular weight excluding hydrogens is 257 g/mol. The Bertz CT molecular complexity index is 425. The maximum Gasteiger partial charge on any atom is 0.123 e. The number of aryl methyl sites for hydroxylation is 1. The van der Waals surface area contributed by atoms with Crippen LogP contribution in [-0.2, 0) is 4.74 Å². The van der Waals surface area contributed by atoms with E-state index in [-0.39, 0.29) is 11.9 Å². The molecule has 0 aromatic heterocycles. The first-order valence-corrected chi connectivity index (χ1v) is 7.44. The van der Waals surface area contributed by atoms with Crippen molar-refractivity contribution in [3.05, 3.63) is 29.6 Å². The van der Waals surface area contributed by atoms with Gasteiger partial charge in [0.05, 0.1) is 12.2 Å². The van der Waals surface area contributed by atoms with E-state index in [1.54, 1.807) is 6.07 Å². The quantitative estimate of drug-likeness (QED) is 0.779. The molecule has 1 heterocycles. The van der Waals surface area contributed by atoms with Crippen LogP contribution in [0.3, 0.4) is 0 Å². The average Bonchev–Trinajstić information content (AvgIpc) is 2.86. The Kier molecular flexibility index (Phi) is 5.80. The highest BCUT2D eigenvalue weighted by molar-refractivity contribution is 5.32. The number of rotatable bonds is 7. The van der Waals surface area contributed by atoms with Gasteiger partial charge in [-0.1, -0.05) is 6.92 Å². The highest BCUT2D eigenvalue weighted by atomic mass is 19.1. The van der Waals surface area contributed by atoms with Crippen molar-refractivity contribution in [2.75, 3.05) is 19.7 Å². The van der Waals surface area contributed by atoms with E-state index in [0.717, 1.165) is 43.7 Å². The second-order valence-corrected chi connectivity index (χ2v) is 5.38. The predicted molar refractivity (Wildman–Crippen MR) is 77.7 cm³/mol. The predicted octanol–water partition coefficient (Wildman–Crippen LogP) is 3.06. The molecule has 1 aromatic carbocycles. The topological polar surface area (TPSA) is 30.5 Å². The van der Waals surface area contributed by atoms with Crippen LogP contribution in [-0.4, -0.2) is 31.9 Å². The van der Waals surface area contributed by atoms with Crippen molar-refractivity contribution in [1.82, 2.24) is 5.32 Å². The van der Waals surface area contributed by atoms with Crippen molar-refractivity contribution in [1.29, 1.82) is 0 Å². The number of hydrogen-bond acceptors (Lipinski definition) is 3. The first-order chi connectivity index (χ1) is 9.69. The molecule has 112 valence electrons. The van der Waals surface area contributed by atoms with Crippen LogP contribution in [0.2, 0.25) is 0 Å². The fourth-order valence-corrected chi connectivity index (χ4v) is 2.45. The number of halogens is 1. The van der Waals surface area contributed by atoms with Crippen LogP contribution < -0.4 is 10.1 Å². The number of hydrogen-bond donors (Lipinski definition) is 1. The molecule has 0 amide bonds. The summed E-state index contributed by atoms with van der Waals surface area (Å²) in [6.45, 7) is 6.50. The van der Waals surface area contributed by atoms with Gasteiger partial charge in [0.25, 0.3) is 0 Å². The first kappa shape index (κ1) is 15.3. The zero-order valence-corrected chi connectivity index (χ0v) is 12.3. The van der Waals surface area contributed by atoms with E-state index < -0.39 is 0 Å². The smallest absolute Gasteiger partial charge is 0.123 e. The summed E-state index contributed by atoms with van der Waals surface area (Å²) in [6.07, 6.45) is 3.69. The molecule has 4 heteroatoms. The molecule has 2 unspecified atom stereocenters. The summed E-state index contributed by atoms with van der Waals surface area (Å²) in [6, 6.07) is 4.59. The monoisotopic (exact) mass is 281 g/mol. The number of ether oxygens (including phenoxy) is 2. The van der Waals surface area contributed by atoms with Gasteiger partial charge in [-0.25, -0.2) is 4.39 Å². The Labute approximate surface area is 120 Å². The van der Waals surface area contributed by atoms with E-state index in [1.807, 2.05) is 6.92 Å². The molecule has 1 aliphatic heterocycles. The molecule has 1 aliphatic rings. The number of benzene rings is 1. The third kappa shape index (κ3) is 4.46. The molecule has 1 aromatic rings. The normalized spacial score (nSPS) is 22.1. The van der Waals surface area contributed by atoms with E-state index >= 15 is 0 Å². The third-order valence-electron chi connectivity index (χ3n) is 3.56. The van der Waals surface area contributed by atoms with Crippen molar-refractivity contribution >= 4 is 0 Å². The summed E-state index contributed by atoms with van der Waals surface area (Å²) in [4.78, 5) is 0. The summed E-state index contributed by atoms with van der Waals surface area (Å²) in [5.41, 5.74) is 0.823. The second-order valence-electron chi connectivity index (χ2n) is 5.38. The molecule has 2 rings (SSSR count). The lowest BCUT2D eigenvalue weighted by Crippen LogP contribution is -2.28. The van der Waals surface area contributed by atoms with Gasteiger partial charge in [0.2, 0.25) is 0 Å². The lowest BCUT2D eigenvalue weighted by Gasteiger charge is -2.16. The third-order valence-corrected chi connectivity index (χ3v) is 3.56. The zero-order chi connectivity index (χ0) is 14.4. The maximum absolute atomic E-state index is 13.0. The van der Waals surface area contributed by atoms with Crippen LogP contribution in [0.5, 0.6) is 5.75 Å². The summed E-state index contributed by atoms with van der Waals surface area (Å²) in [5.74, 6) is 0.511. The second kappa shape index (κ2) is 7.60. The van der Waals surface area contributed by atoms with E-state index in [9.17, 15) is 4.39 Å². The standard InChI is InChI=1S/C16H24FNO2/c1-3-8-18-10-14-5-6-15(20-14)11-19-16-7-4-13(17)9-12(16)2/h4,7,9,14-15,18H,3,5-6,8,10-11H2,1-2H3. The summed E-state index contributed by atoms with van der Waals surface area (Å²) in [7, 11) is 0. The van der Waals surface area contributed by atoms with Gasteiger partial charge in [-0.2, -0.15) is 0 Å². The van der Waals surface area contributed by atoms with Crippen LogP contribution in [0.25, 0.3) is 0 Å². The molecule has 2 atom stereocenters. The fraction of sp³-hybridized carbons (Fsp3) is 0.625. The minimum atomic E-state index is -0.228. The molecule has 0 aliphatic carbocycles. The van der Waals surface area contributed by atoms with Crippen molar-refractivity contribution in [2.24, 2.45) is 0 Å². The molecular formula is C16H24FNO2. The minimum Gasteiger partial charge on any atom is -0.491 e. The SMILES string of the molecule is CCCNCC1CCC(COc2ccc(F)cc2C)O1. The summed E-state index contributed by atoms with van der Waals surface area (Å²) < 4.78 is 24.7. The molecule has 3 nitrogen and oxygen atoms in total. The molecule has 0 radical (unpaired) electrons. The largest absolute Gasteiger partial charge is 0.491 e. The van der Waals surface area contributed by atoms with E-state index in [1.165, 1.54) is 12.1 Å². The maximum atomic E-state index is 13.0. The van der Waals surface area contributed by atoms with Gasteiger partial charge in [0, 0.05) is 6.54 Å². The van der Waals surface area contributed by atoms with Gasteiger partial charge in [-0.15, -0.1) is 0 Å². The van der Waals surface area contributed by atoms with Crippen LogP contribution in [0.15, 0.2) is 18.2 Å². The lowest BCUT2D eigenvalue weighted by atomic mass is 10.2. The summed E-state index contributed by atoms with van der Waals surface area (Å²) >= 11 is 0. The van der Waals surface area contributed by atoms with Crippen LogP contribution in [0, 0.1) is 12.7 Å². The average molecular weight is 281 g/mol. The van der Waals surface area contributed by atoms with E-state index in [2.05, 4.69) is 12.2 Å². The van der Waals surface area contributed by atoms with Crippen LogP contribution in [0.4, 0.5) is 4.39 Å². The molecule has 0 saturated carbocycles. The zero-order valence-electron chi connectivity index (χ0n) is 12.3. The van der Waals surface area contributed by atoms with Gasteiger partial charge < -0.3 is 14.8 Å². The van der Waals surface area contributed by atoms with E-state index in [0.29, 0.717) is 12.7 Å². The van der Waals surface area contributed by atoms with Gasteiger partial charge >= 0.3 is 0 Å². The van der Waals surface area contributed by atoms with Crippen molar-refractivity contribution < 1.29 is 13.9 Å². The molecule has 1 saturated heterocycles. The van der Waals surface area contributed by atoms with Crippen molar-refractivity contribution in [3.8, 4) is 5.75 Å². The van der Waals surface area contributed by atoms with Crippen LogP contribution >= 0.6 is 0 Å². The molecule has 20 heavy (non-hydrogen) atoms. The molecule has 1 N–H and O–H groups in total. The molecule has 0 spiro atoms. The van der Waals surface area contributed by atoms with Crippen LogP contribution in [0.1, 0.15) is 31.7 Å². The molecule has 1 fully saturated rings. The van der Waals surface area contributed by atoms with Crippen molar-refractivity contribution in [2.45, 2.75) is 45.3 Å². The lowest BCUT2D eigenvalue weighted by molar-refractivity contribution is 0.0185. The first-order valence-electron chi connectivity index (χ1n) is 7.44.